The van der Waals surface area contributed by atoms with E-state index < -0.39 is 0 Å². The minimum atomic E-state index is -0.257. The lowest BCUT2D eigenvalue weighted by Gasteiger charge is -2.25. The minimum Gasteiger partial charge on any atom is -0.322 e. The van der Waals surface area contributed by atoms with Crippen molar-refractivity contribution in [2.75, 3.05) is 0 Å². The molecule has 1 unspecified atom stereocenters. The Morgan fingerprint density at radius 2 is 1.60 bits per heavy atom. The summed E-state index contributed by atoms with van der Waals surface area (Å²) in [5.41, 5.74) is 7.32. The average molecular weight is 296 g/mol. The van der Waals surface area contributed by atoms with E-state index in [0.29, 0.717) is 0 Å². The van der Waals surface area contributed by atoms with Crippen LogP contribution in [0.15, 0.2) is 24.3 Å². The zero-order valence-corrected chi connectivity index (χ0v) is 13.9. The molecule has 1 atom stereocenters. The van der Waals surface area contributed by atoms with E-state index in [1.807, 2.05) is 18.2 Å². The molecular weight excluding hydrogens is 266 g/mol. The molecule has 0 saturated carbocycles. The van der Waals surface area contributed by atoms with Crippen LogP contribution in [0.5, 0.6) is 0 Å². The van der Waals surface area contributed by atoms with Crippen LogP contribution < -0.4 is 5.73 Å². The SMILES string of the molecule is CCCCCCCCCCC(C)(N)c1cccc(Cl)c1. The molecule has 114 valence electrons. The molecule has 0 heterocycles. The van der Waals surface area contributed by atoms with Crippen LogP contribution in [-0.4, -0.2) is 0 Å². The third-order valence-electron chi connectivity index (χ3n) is 4.03. The molecule has 1 aromatic carbocycles. The van der Waals surface area contributed by atoms with Gasteiger partial charge in [-0.1, -0.05) is 82.0 Å². The van der Waals surface area contributed by atoms with Gasteiger partial charge in [0.2, 0.25) is 0 Å². The Hall–Kier alpha value is -0.530. The summed E-state index contributed by atoms with van der Waals surface area (Å²) in [6.45, 7) is 4.37. The lowest BCUT2D eigenvalue weighted by atomic mass is 9.87. The van der Waals surface area contributed by atoms with Gasteiger partial charge in [-0.3, -0.25) is 0 Å². The second-order valence-electron chi connectivity index (χ2n) is 6.15. The largest absolute Gasteiger partial charge is 0.322 e. The molecule has 0 spiro atoms. The number of unbranched alkanes of at least 4 members (excludes halogenated alkanes) is 7. The van der Waals surface area contributed by atoms with Gasteiger partial charge in [0.15, 0.2) is 0 Å². The zero-order valence-electron chi connectivity index (χ0n) is 13.1. The predicted octanol–water partition coefficient (Wildman–Crippen LogP) is 6.04. The van der Waals surface area contributed by atoms with Gasteiger partial charge in [-0.15, -0.1) is 0 Å². The lowest BCUT2D eigenvalue weighted by Crippen LogP contribution is -2.32. The van der Waals surface area contributed by atoms with Gasteiger partial charge in [0.1, 0.15) is 0 Å². The summed E-state index contributed by atoms with van der Waals surface area (Å²) in [5, 5.41) is 0.773. The Bertz CT molecular complexity index is 373. The van der Waals surface area contributed by atoms with Gasteiger partial charge in [-0.2, -0.15) is 0 Å². The topological polar surface area (TPSA) is 26.0 Å². The van der Waals surface area contributed by atoms with E-state index in [2.05, 4.69) is 19.9 Å². The Morgan fingerprint density at radius 1 is 1.00 bits per heavy atom. The van der Waals surface area contributed by atoms with Crippen LogP contribution in [-0.2, 0) is 5.54 Å². The van der Waals surface area contributed by atoms with Gasteiger partial charge in [0.05, 0.1) is 0 Å². The lowest BCUT2D eigenvalue weighted by molar-refractivity contribution is 0.420. The van der Waals surface area contributed by atoms with Crippen molar-refractivity contribution in [3.05, 3.63) is 34.9 Å². The van der Waals surface area contributed by atoms with Gasteiger partial charge in [0.25, 0.3) is 0 Å². The molecule has 0 bridgehead atoms. The molecule has 0 aliphatic heterocycles. The van der Waals surface area contributed by atoms with Crippen molar-refractivity contribution in [1.29, 1.82) is 0 Å². The maximum atomic E-state index is 6.43. The summed E-state index contributed by atoms with van der Waals surface area (Å²) in [7, 11) is 0. The molecule has 0 radical (unpaired) electrons. The fraction of sp³-hybridized carbons (Fsp3) is 0.667. The van der Waals surface area contributed by atoms with Crippen molar-refractivity contribution >= 4 is 11.6 Å². The summed E-state index contributed by atoms with van der Waals surface area (Å²) in [6.07, 6.45) is 11.7. The highest BCUT2D eigenvalue weighted by molar-refractivity contribution is 6.30. The molecular formula is C18H30ClN. The predicted molar refractivity (Wildman–Crippen MR) is 90.2 cm³/mol. The average Bonchev–Trinajstić information content (AvgIpc) is 2.42. The van der Waals surface area contributed by atoms with Crippen molar-refractivity contribution in [2.24, 2.45) is 5.73 Å². The standard InChI is InChI=1S/C18H30ClN/c1-3-4-5-6-7-8-9-10-14-18(2,20)16-12-11-13-17(19)15-16/h11-13,15H,3-10,14,20H2,1-2H3. The van der Waals surface area contributed by atoms with Crippen LogP contribution in [0.25, 0.3) is 0 Å². The second kappa shape index (κ2) is 9.41. The summed E-state index contributed by atoms with van der Waals surface area (Å²) in [5.74, 6) is 0. The van der Waals surface area contributed by atoms with E-state index >= 15 is 0 Å². The molecule has 20 heavy (non-hydrogen) atoms. The van der Waals surface area contributed by atoms with E-state index in [1.54, 1.807) is 0 Å². The molecule has 0 aliphatic rings. The van der Waals surface area contributed by atoms with E-state index in [9.17, 15) is 0 Å². The van der Waals surface area contributed by atoms with Gasteiger partial charge in [-0.05, 0) is 31.0 Å². The maximum absolute atomic E-state index is 6.43. The van der Waals surface area contributed by atoms with Crippen molar-refractivity contribution in [1.82, 2.24) is 0 Å². The summed E-state index contributed by atoms with van der Waals surface area (Å²) >= 11 is 6.04. The number of nitrogens with two attached hydrogens (primary N) is 1. The van der Waals surface area contributed by atoms with E-state index in [-0.39, 0.29) is 5.54 Å². The molecule has 2 N–H and O–H groups in total. The van der Waals surface area contributed by atoms with Gasteiger partial charge >= 0.3 is 0 Å². The van der Waals surface area contributed by atoms with Gasteiger partial charge in [-0.25, -0.2) is 0 Å². The van der Waals surface area contributed by atoms with Crippen molar-refractivity contribution in [2.45, 2.75) is 77.2 Å². The number of benzene rings is 1. The fourth-order valence-electron chi connectivity index (χ4n) is 2.61. The van der Waals surface area contributed by atoms with E-state index in [1.165, 1.54) is 51.4 Å². The second-order valence-corrected chi connectivity index (χ2v) is 6.59. The van der Waals surface area contributed by atoms with Crippen molar-refractivity contribution < 1.29 is 0 Å². The smallest absolute Gasteiger partial charge is 0.0409 e. The van der Waals surface area contributed by atoms with Crippen molar-refractivity contribution in [3.8, 4) is 0 Å². The molecule has 1 nitrogen and oxygen atoms in total. The Kier molecular flexibility index (Phi) is 8.25. The normalized spacial score (nSPS) is 14.2. The summed E-state index contributed by atoms with van der Waals surface area (Å²) in [6, 6.07) is 7.96. The highest BCUT2D eigenvalue weighted by Gasteiger charge is 2.20. The first-order valence-corrected chi connectivity index (χ1v) is 8.49. The number of halogens is 1. The molecule has 2 heteroatoms. The van der Waals surface area contributed by atoms with Crippen molar-refractivity contribution in [3.63, 3.8) is 0 Å². The van der Waals surface area contributed by atoms with Crippen LogP contribution in [0.3, 0.4) is 0 Å². The van der Waals surface area contributed by atoms with Crippen LogP contribution in [0.2, 0.25) is 5.02 Å². The zero-order chi connectivity index (χ0) is 14.8. The van der Waals surface area contributed by atoms with E-state index in [0.717, 1.165) is 17.0 Å². The molecule has 0 saturated heterocycles. The number of rotatable bonds is 10. The number of hydrogen-bond acceptors (Lipinski definition) is 1. The van der Waals surface area contributed by atoms with Gasteiger partial charge < -0.3 is 5.73 Å². The first kappa shape index (κ1) is 17.5. The van der Waals surface area contributed by atoms with Gasteiger partial charge in [0, 0.05) is 10.6 Å². The third kappa shape index (κ3) is 6.76. The monoisotopic (exact) mass is 295 g/mol. The molecule has 1 aromatic rings. The van der Waals surface area contributed by atoms with Crippen LogP contribution >= 0.6 is 11.6 Å². The van der Waals surface area contributed by atoms with E-state index in [4.69, 9.17) is 17.3 Å². The minimum absolute atomic E-state index is 0.257. The Morgan fingerprint density at radius 3 is 2.20 bits per heavy atom. The molecule has 0 fully saturated rings. The molecule has 1 rings (SSSR count). The molecule has 0 aromatic heterocycles. The van der Waals surface area contributed by atoms with Crippen LogP contribution in [0.4, 0.5) is 0 Å². The van der Waals surface area contributed by atoms with Crippen LogP contribution in [0.1, 0.15) is 77.2 Å². The highest BCUT2D eigenvalue weighted by Crippen LogP contribution is 2.26. The molecule has 0 amide bonds. The summed E-state index contributed by atoms with van der Waals surface area (Å²) < 4.78 is 0. The Labute approximate surface area is 129 Å². The maximum Gasteiger partial charge on any atom is 0.0409 e. The first-order chi connectivity index (χ1) is 9.56. The fourth-order valence-corrected chi connectivity index (χ4v) is 2.80. The highest BCUT2D eigenvalue weighted by atomic mass is 35.5. The van der Waals surface area contributed by atoms with Crippen LogP contribution in [0, 0.1) is 0 Å². The third-order valence-corrected chi connectivity index (χ3v) is 4.27. The molecule has 0 aliphatic carbocycles. The quantitative estimate of drug-likeness (QED) is 0.523. The summed E-state index contributed by atoms with van der Waals surface area (Å²) in [4.78, 5) is 0. The Balaban J connectivity index is 2.20. The number of hydrogen-bond donors (Lipinski definition) is 1. The first-order valence-electron chi connectivity index (χ1n) is 8.11.